The molecule has 0 bridgehead atoms. The van der Waals surface area contributed by atoms with Gasteiger partial charge in [0.2, 0.25) is 5.91 Å². The van der Waals surface area contributed by atoms with Crippen LogP contribution in [0.15, 0.2) is 23.0 Å². The van der Waals surface area contributed by atoms with Crippen LogP contribution in [0.4, 0.5) is 10.5 Å². The molecule has 3 N–H and O–H groups in total. The average Bonchev–Trinajstić information content (AvgIpc) is 2.73. The summed E-state index contributed by atoms with van der Waals surface area (Å²) in [5.74, 6) is -0.307. The first-order valence-electron chi connectivity index (χ1n) is 7.56. The zero-order valence-corrected chi connectivity index (χ0v) is 17.5. The molecule has 1 amide bonds. The molecule has 1 atom stereocenters. The average molecular weight is 422 g/mol. The van der Waals surface area contributed by atoms with Crippen molar-refractivity contribution in [3.05, 3.63) is 34.3 Å². The van der Waals surface area contributed by atoms with Crippen molar-refractivity contribution in [1.29, 1.82) is 0 Å². The van der Waals surface area contributed by atoms with Gasteiger partial charge in [0.1, 0.15) is 5.60 Å². The van der Waals surface area contributed by atoms with Crippen molar-refractivity contribution in [3.63, 3.8) is 0 Å². The first-order valence-corrected chi connectivity index (χ1v) is 7.56. The van der Waals surface area contributed by atoms with Crippen LogP contribution in [-0.4, -0.2) is 33.4 Å². The van der Waals surface area contributed by atoms with Gasteiger partial charge in [-0.3, -0.25) is 14.7 Å². The first kappa shape index (κ1) is 21.5. The summed E-state index contributed by atoms with van der Waals surface area (Å²) in [5.41, 5.74) is 7.03. The van der Waals surface area contributed by atoms with Crippen LogP contribution < -0.4 is 10.9 Å². The topological polar surface area (TPSA) is 117 Å². The number of anilines is 1. The molecule has 1 aromatic heterocycles. The quantitative estimate of drug-likeness (QED) is 0.791. The van der Waals surface area contributed by atoms with Crippen molar-refractivity contribution in [2.45, 2.75) is 45.8 Å². The summed E-state index contributed by atoms with van der Waals surface area (Å²) in [6, 6.07) is 4.10. The zero-order chi connectivity index (χ0) is 18.1. The first-order chi connectivity index (χ1) is 11.1. The van der Waals surface area contributed by atoms with E-state index in [1.165, 1.54) is 12.1 Å². The van der Waals surface area contributed by atoms with Gasteiger partial charge in [0.05, 0.1) is 10.9 Å². The number of fused-ring (bicyclic) bond motifs is 1. The number of aromatic nitrogens is 2. The Morgan fingerprint density at radius 1 is 1.36 bits per heavy atom. The van der Waals surface area contributed by atoms with Crippen molar-refractivity contribution in [2.75, 3.05) is 5.32 Å². The molecule has 0 saturated heterocycles. The predicted octanol–water partition coefficient (Wildman–Crippen LogP) is 2.88. The van der Waals surface area contributed by atoms with Crippen LogP contribution in [0.1, 0.15) is 34.1 Å². The van der Waals surface area contributed by atoms with Crippen LogP contribution in [0.25, 0.3) is 16.6 Å². The summed E-state index contributed by atoms with van der Waals surface area (Å²) in [4.78, 5) is 35.9. The van der Waals surface area contributed by atoms with E-state index in [-0.39, 0.29) is 45.0 Å². The smallest absolute Gasteiger partial charge is 0.434 e. The molecule has 0 aliphatic rings. The molecule has 1 radical (unpaired) electrons. The van der Waals surface area contributed by atoms with Gasteiger partial charge in [-0.15, -0.1) is 6.04 Å². The van der Waals surface area contributed by atoms with E-state index >= 15 is 0 Å². The van der Waals surface area contributed by atoms with Crippen LogP contribution in [0, 0.1) is 0 Å². The number of nitrogens with zero attached hydrogens (tertiary/aromatic N) is 1. The molecular weight excluding hydrogens is 401 g/mol. The maximum absolute atomic E-state index is 12.2. The van der Waals surface area contributed by atoms with E-state index in [1.54, 1.807) is 33.8 Å². The number of rotatable bonds is 3. The summed E-state index contributed by atoms with van der Waals surface area (Å²) < 4.78 is 6.28. The second-order valence-electron chi connectivity index (χ2n) is 6.64. The van der Waals surface area contributed by atoms with Crippen LogP contribution in [0.5, 0.6) is 0 Å². The van der Waals surface area contributed by atoms with E-state index in [4.69, 9.17) is 10.5 Å². The molecule has 0 aliphatic carbocycles. The summed E-state index contributed by atoms with van der Waals surface area (Å²) in [5, 5.41) is 5.39. The third-order valence-corrected chi connectivity index (χ3v) is 3.05. The van der Waals surface area contributed by atoms with Crippen molar-refractivity contribution < 1.29 is 47.0 Å². The van der Waals surface area contributed by atoms with Crippen molar-refractivity contribution in [1.82, 2.24) is 9.78 Å². The fraction of sp³-hybridized carbons (Fsp3) is 0.438. The van der Waals surface area contributed by atoms with Crippen LogP contribution in [0.3, 0.4) is 0 Å². The molecule has 9 heteroatoms. The van der Waals surface area contributed by atoms with Crippen molar-refractivity contribution >= 4 is 28.6 Å². The van der Waals surface area contributed by atoms with Gasteiger partial charge in [-0.25, -0.2) is 4.79 Å². The summed E-state index contributed by atoms with van der Waals surface area (Å²) in [7, 11) is 0. The van der Waals surface area contributed by atoms with E-state index in [0.29, 0.717) is 16.6 Å². The normalized spacial score (nSPS) is 12.4. The fourth-order valence-corrected chi connectivity index (χ4v) is 2.15. The van der Waals surface area contributed by atoms with E-state index < -0.39 is 23.3 Å². The number of hydrogen-bond acceptors (Lipinski definition) is 4. The van der Waals surface area contributed by atoms with Gasteiger partial charge in [0.15, 0.2) is 0 Å². The molecule has 8 nitrogen and oxygen atoms in total. The van der Waals surface area contributed by atoms with Crippen LogP contribution >= 0.6 is 0 Å². The summed E-state index contributed by atoms with van der Waals surface area (Å²) >= 11 is 0. The Balaban J connectivity index is 0.00000312. The number of ether oxygens (including phenoxy) is 1. The second-order valence-corrected chi connectivity index (χ2v) is 6.64. The van der Waals surface area contributed by atoms with Gasteiger partial charge in [-0.05, 0) is 39.0 Å². The molecule has 2 rings (SSSR count). The third-order valence-electron chi connectivity index (χ3n) is 3.05. The molecule has 1 heterocycles. The standard InChI is InChI=1S/C16H21N4O4.Y/c1-9(17)7-13(21)18-10-5-6-11-12(8-10)20(19-14(11)22)15(23)24-16(2,3)4;/h5-6,8-9,17H,7H2,1-4H3,(H,18,21)(H,19,22);/q-1;. The van der Waals surface area contributed by atoms with Gasteiger partial charge >= 0.3 is 6.09 Å². The molecule has 1 unspecified atom stereocenters. The molecule has 133 valence electrons. The minimum absolute atomic E-state index is 0. The maximum Gasteiger partial charge on any atom is 0.434 e. The molecule has 0 spiro atoms. The molecule has 0 saturated carbocycles. The maximum atomic E-state index is 12.2. The van der Waals surface area contributed by atoms with Crippen LogP contribution in [0.2, 0.25) is 0 Å². The van der Waals surface area contributed by atoms with Gasteiger partial charge in [-0.1, -0.05) is 6.92 Å². The zero-order valence-electron chi connectivity index (χ0n) is 14.7. The molecule has 2 aromatic rings. The molecule has 25 heavy (non-hydrogen) atoms. The minimum Gasteiger partial charge on any atom is -0.674 e. The molecular formula is C16H21N4O4Y-. The number of benzene rings is 1. The largest absolute Gasteiger partial charge is 0.674 e. The number of hydrogen-bond donors (Lipinski definition) is 2. The van der Waals surface area contributed by atoms with E-state index in [2.05, 4.69) is 10.4 Å². The van der Waals surface area contributed by atoms with E-state index in [1.807, 2.05) is 0 Å². The van der Waals surface area contributed by atoms with Gasteiger partial charge in [-0.2, -0.15) is 4.68 Å². The Morgan fingerprint density at radius 3 is 2.56 bits per heavy atom. The second kappa shape index (κ2) is 8.25. The number of H-pyrrole nitrogens is 1. The Morgan fingerprint density at radius 2 is 2.00 bits per heavy atom. The molecule has 0 fully saturated rings. The predicted molar refractivity (Wildman–Crippen MR) is 91.2 cm³/mol. The van der Waals surface area contributed by atoms with E-state index in [0.717, 1.165) is 4.68 Å². The van der Waals surface area contributed by atoms with Crippen molar-refractivity contribution in [3.8, 4) is 0 Å². The SMILES string of the molecule is CC([NH-])CC(=O)Nc1ccc2c(=O)[nH]n(C(=O)OC(C)(C)C)c2c1.[Y]. The molecule has 0 aliphatic heterocycles. The van der Waals surface area contributed by atoms with Gasteiger partial charge in [0.25, 0.3) is 5.56 Å². The summed E-state index contributed by atoms with van der Waals surface area (Å²) in [6.45, 7) is 6.79. The Kier molecular flexibility index (Phi) is 7.11. The number of amides is 1. The Bertz CT molecular complexity index is 833. The van der Waals surface area contributed by atoms with Gasteiger partial charge < -0.3 is 15.8 Å². The van der Waals surface area contributed by atoms with Crippen LogP contribution in [-0.2, 0) is 42.2 Å². The number of nitrogens with one attached hydrogen (secondary N) is 3. The summed E-state index contributed by atoms with van der Waals surface area (Å²) in [6.07, 6.45) is -0.651. The fourth-order valence-electron chi connectivity index (χ4n) is 2.15. The van der Waals surface area contributed by atoms with E-state index in [9.17, 15) is 14.4 Å². The third kappa shape index (κ3) is 5.76. The number of carbonyl (C=O) groups is 2. The minimum atomic E-state index is -0.710. The number of carbonyl (C=O) groups excluding carboxylic acids is 2. The van der Waals surface area contributed by atoms with Gasteiger partial charge in [0, 0.05) is 44.8 Å². The monoisotopic (exact) mass is 422 g/mol. The van der Waals surface area contributed by atoms with Crippen molar-refractivity contribution in [2.24, 2.45) is 0 Å². The Labute approximate surface area is 170 Å². The number of aromatic amines is 1. The Hall–Kier alpha value is -1.51. The molecule has 1 aromatic carbocycles.